The fourth-order valence-electron chi connectivity index (χ4n) is 8.37. The van der Waals surface area contributed by atoms with Gasteiger partial charge >= 0.3 is 6.09 Å². The first kappa shape index (κ1) is 38.2. The van der Waals surface area contributed by atoms with Crippen LogP contribution in [0.1, 0.15) is 88.2 Å². The van der Waals surface area contributed by atoms with Crippen LogP contribution in [0.4, 0.5) is 13.6 Å². The van der Waals surface area contributed by atoms with Crippen molar-refractivity contribution in [2.45, 2.75) is 119 Å². The van der Waals surface area contributed by atoms with E-state index >= 15 is 0 Å². The van der Waals surface area contributed by atoms with E-state index in [1.807, 2.05) is 36.4 Å². The largest absolute Gasteiger partial charge is 0.444 e. The summed E-state index contributed by atoms with van der Waals surface area (Å²) in [6.07, 6.45) is 6.28. The number of ether oxygens (including phenoxy) is 1. The van der Waals surface area contributed by atoms with Crippen LogP contribution in [0.2, 0.25) is 0 Å². The highest BCUT2D eigenvalue weighted by Crippen LogP contribution is 2.46. The average molecular weight is 774 g/mol. The maximum Gasteiger partial charge on any atom is 0.410 e. The molecular weight excluding hydrogens is 725 g/mol. The van der Waals surface area contributed by atoms with Crippen molar-refractivity contribution in [3.8, 4) is 0 Å². The second kappa shape index (κ2) is 15.2. The molecule has 7 rings (SSSR count). The molecular formula is C38H49F2N5O8S. The number of halogens is 2. The lowest BCUT2D eigenvalue weighted by Crippen LogP contribution is -2.57. The number of hydrogen-bond acceptors (Lipinski definition) is 8. The third kappa shape index (κ3) is 8.42. The summed E-state index contributed by atoms with van der Waals surface area (Å²) in [5.74, 6) is -7.06. The van der Waals surface area contributed by atoms with Crippen LogP contribution in [-0.2, 0) is 46.9 Å². The van der Waals surface area contributed by atoms with E-state index in [4.69, 9.17) is 4.74 Å². The standard InChI is InChI=1S/C38H49F2N5O8S/c39-37(40)16-8-17-44(24-37)32(46)19-26-10-4-2-1-3-5-12-28-21-38(28,35(49)42-54(51,52)30-13-14-30)41-33(47)31-20-29(23-45(31)34(26)48)53-36(50)43-18-15-25-9-6-7-11-27(25)22-43/h5-7,9,11-12,26,28-31H,1-4,8,10,13-24H2,(H,41,47)(H,42,49)/b12-5-/t26-,28-,29-,31+,38-/m1/s1. The third-order valence-electron chi connectivity index (χ3n) is 11.8. The Bertz CT molecular complexity index is 1800. The molecule has 13 nitrogen and oxygen atoms in total. The SMILES string of the molecule is O=C1N[C@]2(C(=O)NS(=O)(=O)C3CC3)C[C@H]2/C=C\CCCCC[C@H](CC(=O)N2CCCC(F)(F)C2)C(=O)N2C[C@H](OC(=O)N3CCc4ccccc4C3)C[C@@H]12. The van der Waals surface area contributed by atoms with E-state index in [1.54, 1.807) is 4.90 Å². The maximum absolute atomic E-state index is 14.5. The molecule has 2 N–H and O–H groups in total. The number of sulfonamides is 1. The first-order valence-electron chi connectivity index (χ1n) is 19.3. The van der Waals surface area contributed by atoms with Crippen LogP contribution in [0, 0.1) is 11.8 Å². The van der Waals surface area contributed by atoms with Gasteiger partial charge in [-0.05, 0) is 62.5 Å². The van der Waals surface area contributed by atoms with Crippen molar-refractivity contribution in [3.63, 3.8) is 0 Å². The molecule has 54 heavy (non-hydrogen) atoms. The first-order valence-corrected chi connectivity index (χ1v) is 20.8. The van der Waals surface area contributed by atoms with Gasteiger partial charge in [0.2, 0.25) is 27.7 Å². The zero-order valence-electron chi connectivity index (χ0n) is 30.4. The van der Waals surface area contributed by atoms with Crippen LogP contribution in [-0.4, -0.2) is 108 Å². The fraction of sp³-hybridized carbons (Fsp3) is 0.658. The van der Waals surface area contributed by atoms with Gasteiger partial charge in [0, 0.05) is 50.7 Å². The summed E-state index contributed by atoms with van der Waals surface area (Å²) in [6.45, 7) is 0.0550. The Morgan fingerprint density at radius 3 is 2.52 bits per heavy atom. The number of carbonyl (C=O) groups is 5. The zero-order chi connectivity index (χ0) is 38.3. The van der Waals surface area contributed by atoms with Gasteiger partial charge in [-0.25, -0.2) is 22.0 Å². The number of hydrogen-bond donors (Lipinski definition) is 2. The van der Waals surface area contributed by atoms with Gasteiger partial charge in [0.05, 0.1) is 18.3 Å². The zero-order valence-corrected chi connectivity index (χ0v) is 31.2. The van der Waals surface area contributed by atoms with E-state index in [-0.39, 0.29) is 51.6 Å². The minimum Gasteiger partial charge on any atom is -0.444 e. The van der Waals surface area contributed by atoms with E-state index in [0.29, 0.717) is 51.6 Å². The van der Waals surface area contributed by atoms with Crippen LogP contribution in [0.15, 0.2) is 36.4 Å². The van der Waals surface area contributed by atoms with Gasteiger partial charge in [-0.2, -0.15) is 0 Å². The van der Waals surface area contributed by atoms with E-state index in [2.05, 4.69) is 10.0 Å². The van der Waals surface area contributed by atoms with Crippen molar-refractivity contribution in [3.05, 3.63) is 47.5 Å². The normalized spacial score (nSPS) is 30.7. The van der Waals surface area contributed by atoms with E-state index in [1.165, 1.54) is 4.90 Å². The molecule has 4 aliphatic heterocycles. The molecule has 5 amide bonds. The molecule has 0 spiro atoms. The molecule has 2 saturated carbocycles. The molecule has 0 radical (unpaired) electrons. The molecule has 0 bridgehead atoms. The minimum absolute atomic E-state index is 0.0919. The molecule has 0 aromatic heterocycles. The quantitative estimate of drug-likeness (QED) is 0.416. The molecule has 2 saturated heterocycles. The van der Waals surface area contributed by atoms with Crippen molar-refractivity contribution < 1.29 is 45.9 Å². The first-order chi connectivity index (χ1) is 25.7. The molecule has 1 aromatic rings. The highest BCUT2D eigenvalue weighted by atomic mass is 32.2. The Labute approximate surface area is 314 Å². The van der Waals surface area contributed by atoms with Crippen molar-refractivity contribution in [1.29, 1.82) is 0 Å². The van der Waals surface area contributed by atoms with Gasteiger partial charge in [0.1, 0.15) is 17.7 Å². The van der Waals surface area contributed by atoms with Gasteiger partial charge in [-0.15, -0.1) is 0 Å². The number of benzene rings is 1. The molecule has 294 valence electrons. The number of nitrogens with one attached hydrogen (secondary N) is 2. The lowest BCUT2D eigenvalue weighted by molar-refractivity contribution is -0.148. The van der Waals surface area contributed by atoms with Gasteiger partial charge < -0.3 is 24.8 Å². The number of alkyl halides is 2. The molecule has 5 atom stereocenters. The lowest BCUT2D eigenvalue weighted by Gasteiger charge is -2.34. The van der Waals surface area contributed by atoms with E-state index < -0.39 is 87.0 Å². The number of amides is 5. The Balaban J connectivity index is 1.13. The number of piperidine rings is 1. The van der Waals surface area contributed by atoms with Crippen LogP contribution in [0.25, 0.3) is 0 Å². The molecule has 4 heterocycles. The number of allylic oxidation sites excluding steroid dienone is 1. The Hall–Kier alpha value is -4.08. The number of rotatable bonds is 6. The molecule has 1 aromatic carbocycles. The number of nitrogens with zero attached hydrogens (tertiary/aromatic N) is 3. The number of carbonyl (C=O) groups excluding carboxylic acids is 5. The van der Waals surface area contributed by atoms with Gasteiger partial charge in [-0.1, -0.05) is 49.3 Å². The second-order valence-electron chi connectivity index (χ2n) is 15.9. The van der Waals surface area contributed by atoms with E-state index in [9.17, 15) is 41.2 Å². The van der Waals surface area contributed by atoms with Crippen LogP contribution >= 0.6 is 0 Å². The highest BCUT2D eigenvalue weighted by Gasteiger charge is 2.62. The summed E-state index contributed by atoms with van der Waals surface area (Å²) >= 11 is 0. The van der Waals surface area contributed by atoms with Crippen LogP contribution < -0.4 is 10.0 Å². The number of likely N-dealkylation sites (tertiary alicyclic amines) is 1. The fourth-order valence-corrected chi connectivity index (χ4v) is 9.73. The third-order valence-corrected chi connectivity index (χ3v) is 13.6. The van der Waals surface area contributed by atoms with Crippen LogP contribution in [0.3, 0.4) is 0 Å². The molecule has 16 heteroatoms. The van der Waals surface area contributed by atoms with Crippen molar-refractivity contribution in [1.82, 2.24) is 24.7 Å². The molecule has 2 aliphatic carbocycles. The predicted octanol–water partition coefficient (Wildman–Crippen LogP) is 3.42. The summed E-state index contributed by atoms with van der Waals surface area (Å²) in [5.41, 5.74) is 0.573. The topological polar surface area (TPSA) is 162 Å². The molecule has 6 aliphatic rings. The summed E-state index contributed by atoms with van der Waals surface area (Å²) in [6, 6.07) is 6.58. The molecule has 0 unspecified atom stereocenters. The van der Waals surface area contributed by atoms with Crippen molar-refractivity contribution in [2.24, 2.45) is 11.8 Å². The van der Waals surface area contributed by atoms with Crippen molar-refractivity contribution >= 4 is 39.7 Å². The van der Waals surface area contributed by atoms with Crippen molar-refractivity contribution in [2.75, 3.05) is 26.2 Å². The maximum atomic E-state index is 14.5. The summed E-state index contributed by atoms with van der Waals surface area (Å²) in [4.78, 5) is 73.3. The predicted molar refractivity (Wildman–Crippen MR) is 191 cm³/mol. The Morgan fingerprint density at radius 2 is 1.76 bits per heavy atom. The smallest absolute Gasteiger partial charge is 0.410 e. The second-order valence-corrected chi connectivity index (χ2v) is 17.8. The van der Waals surface area contributed by atoms with Gasteiger partial charge in [0.25, 0.3) is 11.8 Å². The Kier molecular flexibility index (Phi) is 10.8. The highest BCUT2D eigenvalue weighted by molar-refractivity contribution is 7.91. The number of fused-ring (bicyclic) bond motifs is 3. The summed E-state index contributed by atoms with van der Waals surface area (Å²) in [7, 11) is -3.93. The van der Waals surface area contributed by atoms with E-state index in [0.717, 1.165) is 22.4 Å². The molecule has 4 fully saturated rings. The summed E-state index contributed by atoms with van der Waals surface area (Å²) in [5, 5.41) is 2.14. The van der Waals surface area contributed by atoms with Crippen LogP contribution in [0.5, 0.6) is 0 Å². The average Bonchev–Trinajstić information content (AvgIpc) is 4.06. The Morgan fingerprint density at radius 1 is 0.981 bits per heavy atom. The lowest BCUT2D eigenvalue weighted by atomic mass is 9.94. The summed E-state index contributed by atoms with van der Waals surface area (Å²) < 4.78 is 62.3. The monoisotopic (exact) mass is 773 g/mol. The minimum atomic E-state index is -3.93. The van der Waals surface area contributed by atoms with Gasteiger partial charge in [0.15, 0.2) is 0 Å². The van der Waals surface area contributed by atoms with Gasteiger partial charge in [-0.3, -0.25) is 23.9 Å².